The molecule has 0 saturated carbocycles. The van der Waals surface area contributed by atoms with Crippen LogP contribution in [0.1, 0.15) is 53.2 Å². The van der Waals surface area contributed by atoms with Gasteiger partial charge in [0.05, 0.1) is 5.69 Å². The number of aromatic nitrogens is 1. The maximum absolute atomic E-state index is 4.83. The van der Waals surface area contributed by atoms with E-state index >= 15 is 0 Å². The molecule has 0 bridgehead atoms. The highest BCUT2D eigenvalue weighted by molar-refractivity contribution is 5.39. The summed E-state index contributed by atoms with van der Waals surface area (Å²) in [5.74, 6) is 2.55. The average molecular weight is 291 g/mol. The van der Waals surface area contributed by atoms with Crippen molar-refractivity contribution in [2.24, 2.45) is 11.8 Å². The van der Waals surface area contributed by atoms with E-state index < -0.39 is 0 Å². The van der Waals surface area contributed by atoms with Gasteiger partial charge < -0.3 is 10.2 Å². The van der Waals surface area contributed by atoms with E-state index in [0.717, 1.165) is 43.6 Å². The van der Waals surface area contributed by atoms with E-state index in [-0.39, 0.29) is 0 Å². The normalized spacial score (nSPS) is 11.4. The van der Waals surface area contributed by atoms with Gasteiger partial charge in [0, 0.05) is 19.6 Å². The van der Waals surface area contributed by atoms with E-state index in [1.54, 1.807) is 0 Å². The number of anilines is 1. The number of nitrogens with zero attached hydrogens (tertiary/aromatic N) is 2. The first-order valence-corrected chi connectivity index (χ1v) is 8.52. The second-order valence-corrected chi connectivity index (χ2v) is 6.23. The van der Waals surface area contributed by atoms with Crippen molar-refractivity contribution in [3.05, 3.63) is 23.9 Å². The molecule has 0 saturated heterocycles. The van der Waals surface area contributed by atoms with E-state index in [2.05, 4.69) is 63.0 Å². The molecular weight excluding hydrogens is 258 g/mol. The summed E-state index contributed by atoms with van der Waals surface area (Å²) < 4.78 is 0. The van der Waals surface area contributed by atoms with Gasteiger partial charge in [-0.2, -0.15) is 0 Å². The molecule has 1 aromatic rings. The molecule has 0 fully saturated rings. The topological polar surface area (TPSA) is 28.2 Å². The lowest BCUT2D eigenvalue weighted by Crippen LogP contribution is -2.30. The Labute approximate surface area is 131 Å². The minimum Gasteiger partial charge on any atom is -0.357 e. The van der Waals surface area contributed by atoms with E-state index in [1.165, 1.54) is 12.8 Å². The molecule has 0 radical (unpaired) electrons. The van der Waals surface area contributed by atoms with Crippen LogP contribution in [-0.4, -0.2) is 24.6 Å². The summed E-state index contributed by atoms with van der Waals surface area (Å²) in [4.78, 5) is 7.23. The molecule has 21 heavy (non-hydrogen) atoms. The molecule has 3 heteroatoms. The van der Waals surface area contributed by atoms with Gasteiger partial charge in [0.15, 0.2) is 0 Å². The third-order valence-electron chi connectivity index (χ3n) is 3.99. The van der Waals surface area contributed by atoms with Gasteiger partial charge in [-0.1, -0.05) is 46.6 Å². The summed E-state index contributed by atoms with van der Waals surface area (Å²) in [5, 5.41) is 3.47. The van der Waals surface area contributed by atoms with Crippen molar-refractivity contribution in [1.82, 2.24) is 10.3 Å². The summed E-state index contributed by atoms with van der Waals surface area (Å²) in [7, 11) is 0. The fraction of sp³-hybridized carbons (Fsp3) is 0.722. The summed E-state index contributed by atoms with van der Waals surface area (Å²) in [6.45, 7) is 15.3. The Morgan fingerprint density at radius 2 is 1.86 bits per heavy atom. The zero-order valence-corrected chi connectivity index (χ0v) is 14.5. The number of rotatable bonds is 10. The Kier molecular flexibility index (Phi) is 8.36. The first-order valence-electron chi connectivity index (χ1n) is 8.52. The molecule has 0 aliphatic heterocycles. The molecule has 1 rings (SSSR count). The molecule has 0 atom stereocenters. The molecule has 0 aliphatic carbocycles. The molecular formula is C18H33N3. The molecule has 0 aliphatic rings. The second kappa shape index (κ2) is 9.78. The molecule has 3 nitrogen and oxygen atoms in total. The minimum atomic E-state index is 0.676. The first-order chi connectivity index (χ1) is 10.1. The van der Waals surface area contributed by atoms with Gasteiger partial charge in [0.2, 0.25) is 0 Å². The Bertz CT molecular complexity index is 386. The van der Waals surface area contributed by atoms with Gasteiger partial charge >= 0.3 is 0 Å². The van der Waals surface area contributed by atoms with E-state index in [9.17, 15) is 0 Å². The zero-order chi connectivity index (χ0) is 15.7. The number of hydrogen-bond donors (Lipinski definition) is 1. The summed E-state index contributed by atoms with van der Waals surface area (Å²) in [6.07, 6.45) is 2.48. The maximum atomic E-state index is 4.83. The average Bonchev–Trinajstić information content (AvgIpc) is 2.48. The van der Waals surface area contributed by atoms with Crippen LogP contribution in [0.5, 0.6) is 0 Å². The molecule has 0 spiro atoms. The molecule has 120 valence electrons. The van der Waals surface area contributed by atoms with Crippen LogP contribution in [0.2, 0.25) is 0 Å². The zero-order valence-electron chi connectivity index (χ0n) is 14.5. The summed E-state index contributed by atoms with van der Waals surface area (Å²) in [5.41, 5.74) is 1.14. The predicted molar refractivity (Wildman–Crippen MR) is 92.7 cm³/mol. The maximum Gasteiger partial charge on any atom is 0.128 e. The quantitative estimate of drug-likeness (QED) is 0.704. The predicted octanol–water partition coefficient (Wildman–Crippen LogP) is 4.09. The van der Waals surface area contributed by atoms with Gasteiger partial charge in [0.25, 0.3) is 0 Å². The first kappa shape index (κ1) is 18.0. The van der Waals surface area contributed by atoms with Crippen LogP contribution in [0.15, 0.2) is 18.2 Å². The van der Waals surface area contributed by atoms with Crippen molar-refractivity contribution in [2.45, 2.75) is 54.0 Å². The Morgan fingerprint density at radius 3 is 2.43 bits per heavy atom. The fourth-order valence-electron chi connectivity index (χ4n) is 2.47. The largest absolute Gasteiger partial charge is 0.357 e. The molecule has 1 N–H and O–H groups in total. The van der Waals surface area contributed by atoms with Gasteiger partial charge in [-0.05, 0) is 37.4 Å². The van der Waals surface area contributed by atoms with E-state index in [4.69, 9.17) is 4.98 Å². The SMILES string of the molecule is CCC(CC)CN(CC)c1cccc(CNCC(C)C)n1. The molecule has 0 aromatic carbocycles. The van der Waals surface area contributed by atoms with Crippen LogP contribution < -0.4 is 10.2 Å². The van der Waals surface area contributed by atoms with Crippen molar-refractivity contribution in [1.29, 1.82) is 0 Å². The number of nitrogens with one attached hydrogen (secondary N) is 1. The molecule has 1 aromatic heterocycles. The van der Waals surface area contributed by atoms with Crippen LogP contribution in [0.25, 0.3) is 0 Å². The van der Waals surface area contributed by atoms with Crippen molar-refractivity contribution in [3.8, 4) is 0 Å². The van der Waals surface area contributed by atoms with Crippen LogP contribution in [0, 0.1) is 11.8 Å². The number of hydrogen-bond acceptors (Lipinski definition) is 3. The van der Waals surface area contributed by atoms with Crippen LogP contribution in [-0.2, 0) is 6.54 Å². The van der Waals surface area contributed by atoms with Crippen molar-refractivity contribution in [2.75, 3.05) is 24.5 Å². The van der Waals surface area contributed by atoms with Gasteiger partial charge in [-0.3, -0.25) is 0 Å². The second-order valence-electron chi connectivity index (χ2n) is 6.23. The minimum absolute atomic E-state index is 0.676. The third-order valence-corrected chi connectivity index (χ3v) is 3.99. The van der Waals surface area contributed by atoms with Gasteiger partial charge in [-0.15, -0.1) is 0 Å². The smallest absolute Gasteiger partial charge is 0.128 e. The van der Waals surface area contributed by atoms with Crippen LogP contribution in [0.3, 0.4) is 0 Å². The van der Waals surface area contributed by atoms with Crippen molar-refractivity contribution < 1.29 is 0 Å². The number of pyridine rings is 1. The molecule has 1 heterocycles. The lowest BCUT2D eigenvalue weighted by molar-refractivity contribution is 0.484. The summed E-state index contributed by atoms with van der Waals surface area (Å²) >= 11 is 0. The lowest BCUT2D eigenvalue weighted by Gasteiger charge is -2.26. The van der Waals surface area contributed by atoms with Gasteiger partial charge in [-0.25, -0.2) is 4.98 Å². The Hall–Kier alpha value is -1.09. The Morgan fingerprint density at radius 1 is 1.14 bits per heavy atom. The van der Waals surface area contributed by atoms with E-state index in [0.29, 0.717) is 5.92 Å². The van der Waals surface area contributed by atoms with Crippen LogP contribution in [0.4, 0.5) is 5.82 Å². The highest BCUT2D eigenvalue weighted by atomic mass is 15.2. The monoisotopic (exact) mass is 291 g/mol. The fourth-order valence-corrected chi connectivity index (χ4v) is 2.47. The lowest BCUT2D eigenvalue weighted by atomic mass is 10.0. The Balaban J connectivity index is 2.67. The van der Waals surface area contributed by atoms with Gasteiger partial charge in [0.1, 0.15) is 5.82 Å². The highest BCUT2D eigenvalue weighted by Gasteiger charge is 2.12. The standard InChI is InChI=1S/C18H33N3/c1-6-16(7-2)14-21(8-3)18-11-9-10-17(20-18)13-19-12-15(4)5/h9-11,15-16,19H,6-8,12-14H2,1-5H3. The van der Waals surface area contributed by atoms with Crippen LogP contribution >= 0.6 is 0 Å². The van der Waals surface area contributed by atoms with E-state index in [1.807, 2.05) is 0 Å². The van der Waals surface area contributed by atoms with Crippen molar-refractivity contribution >= 4 is 5.82 Å². The molecule has 0 unspecified atom stereocenters. The highest BCUT2D eigenvalue weighted by Crippen LogP contribution is 2.16. The third kappa shape index (κ3) is 6.47. The molecule has 0 amide bonds. The summed E-state index contributed by atoms with van der Waals surface area (Å²) in [6, 6.07) is 6.38. The van der Waals surface area contributed by atoms with Crippen molar-refractivity contribution in [3.63, 3.8) is 0 Å².